The van der Waals surface area contributed by atoms with Crippen LogP contribution in [0.15, 0.2) is 24.3 Å². The van der Waals surface area contributed by atoms with Crippen LogP contribution < -0.4 is 16.0 Å². The first-order valence-corrected chi connectivity index (χ1v) is 6.82. The number of halogens is 1. The first-order valence-electron chi connectivity index (χ1n) is 6.00. The molecule has 0 radical (unpaired) electrons. The average Bonchev–Trinajstić information content (AvgIpc) is 2.80. The van der Waals surface area contributed by atoms with Crippen molar-refractivity contribution in [3.05, 3.63) is 51.0 Å². The molecule has 106 valence electrons. The van der Waals surface area contributed by atoms with Crippen LogP contribution in [-0.4, -0.2) is 5.91 Å². The van der Waals surface area contributed by atoms with E-state index in [1.807, 2.05) is 13.8 Å². The number of carbonyl (C=O) groups excluding carboxylic acids is 1. The van der Waals surface area contributed by atoms with Crippen molar-refractivity contribution < 1.29 is 13.9 Å². The highest BCUT2D eigenvalue weighted by molar-refractivity contribution is 7.14. The number of amides is 1. The minimum atomic E-state index is -0.400. The molecule has 1 aromatic carbocycles. The van der Waals surface area contributed by atoms with E-state index in [2.05, 4.69) is 5.43 Å². The summed E-state index contributed by atoms with van der Waals surface area (Å²) in [5.41, 5.74) is 3.85. The van der Waals surface area contributed by atoms with Crippen LogP contribution in [0.5, 0.6) is 5.75 Å². The molecule has 20 heavy (non-hydrogen) atoms. The second kappa shape index (κ2) is 6.02. The van der Waals surface area contributed by atoms with E-state index in [9.17, 15) is 9.18 Å². The van der Waals surface area contributed by atoms with Crippen molar-refractivity contribution in [2.45, 2.75) is 20.5 Å². The van der Waals surface area contributed by atoms with Gasteiger partial charge in [-0.15, -0.1) is 11.3 Å². The van der Waals surface area contributed by atoms with E-state index in [0.29, 0.717) is 4.88 Å². The number of nitrogens with one attached hydrogen (secondary N) is 1. The Bertz CT molecular complexity index is 640. The van der Waals surface area contributed by atoms with Crippen LogP contribution >= 0.6 is 11.3 Å². The number of thiophene rings is 1. The summed E-state index contributed by atoms with van der Waals surface area (Å²) in [6.45, 7) is 3.95. The van der Waals surface area contributed by atoms with Gasteiger partial charge < -0.3 is 4.74 Å². The predicted octanol–water partition coefficient (Wildman–Crippen LogP) is 2.69. The Balaban J connectivity index is 2.13. The van der Waals surface area contributed by atoms with Crippen molar-refractivity contribution >= 4 is 17.2 Å². The summed E-state index contributed by atoms with van der Waals surface area (Å²) >= 11 is 1.32. The Labute approximate surface area is 120 Å². The molecule has 0 spiro atoms. The van der Waals surface area contributed by atoms with Gasteiger partial charge in [-0.3, -0.25) is 10.2 Å². The van der Waals surface area contributed by atoms with Crippen molar-refractivity contribution in [3.63, 3.8) is 0 Å². The van der Waals surface area contributed by atoms with E-state index in [4.69, 9.17) is 10.6 Å². The lowest BCUT2D eigenvalue weighted by molar-refractivity contribution is 0.0957. The molecule has 3 N–H and O–H groups in total. The molecule has 1 aromatic heterocycles. The number of ether oxygens (including phenoxy) is 1. The number of hydrogen-bond acceptors (Lipinski definition) is 4. The molecule has 0 saturated heterocycles. The van der Waals surface area contributed by atoms with Crippen molar-refractivity contribution in [3.8, 4) is 5.75 Å². The van der Waals surface area contributed by atoms with Crippen LogP contribution in [0, 0.1) is 19.7 Å². The van der Waals surface area contributed by atoms with Crippen LogP contribution in [0.25, 0.3) is 0 Å². The molecule has 2 aromatic rings. The maximum Gasteiger partial charge on any atom is 0.275 e. The number of nitrogen functional groups attached to an aromatic ring is 1. The third kappa shape index (κ3) is 3.15. The van der Waals surface area contributed by atoms with E-state index in [1.165, 1.54) is 17.4 Å². The molecule has 1 heterocycles. The van der Waals surface area contributed by atoms with Gasteiger partial charge in [0.05, 0.1) is 4.88 Å². The molecule has 0 aliphatic carbocycles. The van der Waals surface area contributed by atoms with Gasteiger partial charge in [-0.05, 0) is 37.6 Å². The smallest absolute Gasteiger partial charge is 0.275 e. The molecule has 0 atom stereocenters. The number of hydrogen-bond donors (Lipinski definition) is 2. The zero-order valence-corrected chi connectivity index (χ0v) is 12.0. The lowest BCUT2D eigenvalue weighted by Gasteiger charge is -2.07. The summed E-state index contributed by atoms with van der Waals surface area (Å²) in [7, 11) is 0. The summed E-state index contributed by atoms with van der Waals surface area (Å²) in [6, 6.07) is 6.40. The Morgan fingerprint density at radius 2 is 2.15 bits per heavy atom. The molecule has 6 heteroatoms. The Morgan fingerprint density at radius 1 is 1.40 bits per heavy atom. The molecule has 2 rings (SSSR count). The van der Waals surface area contributed by atoms with Gasteiger partial charge >= 0.3 is 0 Å². The van der Waals surface area contributed by atoms with Crippen LogP contribution in [0.4, 0.5) is 4.39 Å². The standard InChI is InChI=1S/C14H15FN2O2S/c1-8-3-4-11(15)12(5-8)19-7-10-6-13(14(18)17-16)20-9(10)2/h3-6H,7,16H2,1-2H3,(H,17,18). The quantitative estimate of drug-likeness (QED) is 0.517. The second-order valence-corrected chi connectivity index (χ2v) is 5.64. The number of nitrogens with two attached hydrogens (primary N) is 1. The normalized spacial score (nSPS) is 10.4. The van der Waals surface area contributed by atoms with Gasteiger partial charge in [0.15, 0.2) is 11.6 Å². The lowest BCUT2D eigenvalue weighted by atomic mass is 10.2. The van der Waals surface area contributed by atoms with Gasteiger partial charge in [0.25, 0.3) is 5.91 Å². The van der Waals surface area contributed by atoms with Gasteiger partial charge in [0.1, 0.15) is 6.61 Å². The van der Waals surface area contributed by atoms with Crippen LogP contribution in [-0.2, 0) is 6.61 Å². The summed E-state index contributed by atoms with van der Waals surface area (Å²) < 4.78 is 19.0. The molecule has 0 saturated carbocycles. The second-order valence-electron chi connectivity index (χ2n) is 4.39. The Hall–Kier alpha value is -1.92. The minimum absolute atomic E-state index is 0.209. The van der Waals surface area contributed by atoms with Crippen LogP contribution in [0.2, 0.25) is 0 Å². The monoisotopic (exact) mass is 294 g/mol. The SMILES string of the molecule is Cc1ccc(F)c(OCc2cc(C(=O)NN)sc2C)c1. The molecule has 0 fully saturated rings. The van der Waals surface area contributed by atoms with Crippen molar-refractivity contribution in [2.24, 2.45) is 5.84 Å². The molecular formula is C14H15FN2O2S. The summed E-state index contributed by atoms with van der Waals surface area (Å²) in [6.07, 6.45) is 0. The van der Waals surface area contributed by atoms with E-state index in [0.717, 1.165) is 16.0 Å². The van der Waals surface area contributed by atoms with Crippen molar-refractivity contribution in [2.75, 3.05) is 0 Å². The fourth-order valence-corrected chi connectivity index (χ4v) is 2.65. The molecule has 0 aliphatic heterocycles. The van der Waals surface area contributed by atoms with Gasteiger partial charge in [-0.25, -0.2) is 10.2 Å². The summed E-state index contributed by atoms with van der Waals surface area (Å²) in [5.74, 6) is 4.56. The molecule has 4 nitrogen and oxygen atoms in total. The third-order valence-electron chi connectivity index (χ3n) is 2.85. The van der Waals surface area contributed by atoms with Crippen LogP contribution in [0.1, 0.15) is 25.7 Å². The number of hydrazine groups is 1. The van der Waals surface area contributed by atoms with Gasteiger partial charge in [-0.2, -0.15) is 0 Å². The van der Waals surface area contributed by atoms with E-state index < -0.39 is 5.82 Å². The number of benzene rings is 1. The van der Waals surface area contributed by atoms with E-state index in [1.54, 1.807) is 18.2 Å². The highest BCUT2D eigenvalue weighted by atomic mass is 32.1. The highest BCUT2D eigenvalue weighted by Gasteiger charge is 2.12. The zero-order valence-electron chi connectivity index (χ0n) is 11.2. The van der Waals surface area contributed by atoms with Crippen molar-refractivity contribution in [1.82, 2.24) is 5.43 Å². The number of aryl methyl sites for hydroxylation is 2. The molecule has 0 aliphatic rings. The maximum atomic E-state index is 13.6. The fourth-order valence-electron chi connectivity index (χ4n) is 1.72. The van der Waals surface area contributed by atoms with Gasteiger partial charge in [0, 0.05) is 10.4 Å². The van der Waals surface area contributed by atoms with Crippen LogP contribution in [0.3, 0.4) is 0 Å². The largest absolute Gasteiger partial charge is 0.486 e. The Kier molecular flexibility index (Phi) is 4.36. The fraction of sp³-hybridized carbons (Fsp3) is 0.214. The Morgan fingerprint density at radius 3 is 2.85 bits per heavy atom. The van der Waals surface area contributed by atoms with E-state index in [-0.39, 0.29) is 18.3 Å². The molecular weight excluding hydrogens is 279 g/mol. The zero-order chi connectivity index (χ0) is 14.7. The molecule has 0 unspecified atom stereocenters. The first-order chi connectivity index (χ1) is 9.51. The first kappa shape index (κ1) is 14.5. The third-order valence-corrected chi connectivity index (χ3v) is 3.94. The van der Waals surface area contributed by atoms with Gasteiger partial charge in [-0.1, -0.05) is 6.07 Å². The van der Waals surface area contributed by atoms with Crippen molar-refractivity contribution in [1.29, 1.82) is 0 Å². The number of rotatable bonds is 4. The summed E-state index contributed by atoms with van der Waals surface area (Å²) in [4.78, 5) is 12.9. The highest BCUT2D eigenvalue weighted by Crippen LogP contribution is 2.24. The molecule has 0 bridgehead atoms. The summed E-state index contributed by atoms with van der Waals surface area (Å²) in [5, 5.41) is 0. The maximum absolute atomic E-state index is 13.6. The number of carbonyl (C=O) groups is 1. The van der Waals surface area contributed by atoms with E-state index >= 15 is 0 Å². The molecule has 1 amide bonds. The predicted molar refractivity (Wildman–Crippen MR) is 76.2 cm³/mol. The minimum Gasteiger partial charge on any atom is -0.486 e. The topological polar surface area (TPSA) is 64.3 Å². The van der Waals surface area contributed by atoms with Gasteiger partial charge in [0.2, 0.25) is 0 Å². The lowest BCUT2D eigenvalue weighted by Crippen LogP contribution is -2.29. The average molecular weight is 294 g/mol.